The van der Waals surface area contributed by atoms with Crippen molar-refractivity contribution in [3.05, 3.63) is 42.2 Å². The number of hydrogen-bond donors (Lipinski definition) is 1. The lowest BCUT2D eigenvalue weighted by Gasteiger charge is -2.30. The fourth-order valence-electron chi connectivity index (χ4n) is 5.05. The normalized spacial score (nSPS) is 14.2. The Bertz CT molecular complexity index is 1010. The highest BCUT2D eigenvalue weighted by Gasteiger charge is 2.28. The number of hydrogen-bond acceptors (Lipinski definition) is 6. The SMILES string of the molecule is CCCCCCCCCCCCSC(=O)CC[C@H](NC(=O)c1ccc(-n2ccnn2)cc1)C(=O)N1CCCCC1. The molecule has 3 rings (SSSR count). The Labute approximate surface area is 244 Å². The van der Waals surface area contributed by atoms with E-state index in [1.54, 1.807) is 41.3 Å². The van der Waals surface area contributed by atoms with Crippen LogP contribution in [-0.4, -0.2) is 61.7 Å². The van der Waals surface area contributed by atoms with E-state index in [0.29, 0.717) is 25.1 Å². The van der Waals surface area contributed by atoms with Crippen LogP contribution < -0.4 is 5.32 Å². The smallest absolute Gasteiger partial charge is 0.251 e. The molecule has 0 radical (unpaired) electrons. The molecule has 1 aliphatic rings. The van der Waals surface area contributed by atoms with Gasteiger partial charge in [-0.05, 0) is 56.4 Å². The van der Waals surface area contributed by atoms with Gasteiger partial charge in [0, 0.05) is 30.8 Å². The summed E-state index contributed by atoms with van der Waals surface area (Å²) in [4.78, 5) is 40.8. The average molecular weight is 570 g/mol. The molecule has 0 unspecified atom stereocenters. The Hall–Kier alpha value is -2.68. The van der Waals surface area contributed by atoms with Gasteiger partial charge in [-0.15, -0.1) is 5.10 Å². The average Bonchev–Trinajstić information content (AvgIpc) is 3.53. The fraction of sp³-hybridized carbons (Fsp3) is 0.645. The molecule has 1 aromatic carbocycles. The first-order valence-electron chi connectivity index (χ1n) is 15.3. The fourth-order valence-corrected chi connectivity index (χ4v) is 5.89. The van der Waals surface area contributed by atoms with Crippen molar-refractivity contribution in [2.45, 2.75) is 109 Å². The Morgan fingerprint density at radius 1 is 0.900 bits per heavy atom. The summed E-state index contributed by atoms with van der Waals surface area (Å²) in [5, 5.41) is 10.8. The molecule has 1 atom stereocenters. The summed E-state index contributed by atoms with van der Waals surface area (Å²) < 4.78 is 1.61. The minimum Gasteiger partial charge on any atom is -0.341 e. The summed E-state index contributed by atoms with van der Waals surface area (Å²) in [6.45, 7) is 3.66. The zero-order valence-corrected chi connectivity index (χ0v) is 25.0. The van der Waals surface area contributed by atoms with Crippen molar-refractivity contribution in [1.29, 1.82) is 0 Å². The van der Waals surface area contributed by atoms with Crippen LogP contribution >= 0.6 is 11.8 Å². The van der Waals surface area contributed by atoms with E-state index >= 15 is 0 Å². The zero-order chi connectivity index (χ0) is 28.4. The van der Waals surface area contributed by atoms with E-state index in [-0.39, 0.29) is 23.4 Å². The Morgan fingerprint density at radius 2 is 1.55 bits per heavy atom. The Balaban J connectivity index is 1.42. The number of aromatic nitrogens is 3. The lowest BCUT2D eigenvalue weighted by atomic mass is 10.1. The van der Waals surface area contributed by atoms with Crippen molar-refractivity contribution in [2.75, 3.05) is 18.8 Å². The lowest BCUT2D eigenvalue weighted by Crippen LogP contribution is -2.50. The van der Waals surface area contributed by atoms with Crippen molar-refractivity contribution >= 4 is 28.7 Å². The molecule has 1 saturated heterocycles. The second kappa shape index (κ2) is 18.6. The van der Waals surface area contributed by atoms with Gasteiger partial charge in [0.2, 0.25) is 5.91 Å². The van der Waals surface area contributed by atoms with Gasteiger partial charge in [0.15, 0.2) is 5.12 Å². The number of likely N-dealkylation sites (tertiary alicyclic amines) is 1. The lowest BCUT2D eigenvalue weighted by molar-refractivity contribution is -0.134. The van der Waals surface area contributed by atoms with E-state index in [0.717, 1.165) is 43.5 Å². The van der Waals surface area contributed by atoms with E-state index in [2.05, 4.69) is 22.6 Å². The summed E-state index contributed by atoms with van der Waals surface area (Å²) >= 11 is 1.37. The summed E-state index contributed by atoms with van der Waals surface area (Å²) in [6, 6.07) is 6.30. The van der Waals surface area contributed by atoms with Crippen LogP contribution in [-0.2, 0) is 9.59 Å². The number of amides is 2. The van der Waals surface area contributed by atoms with Gasteiger partial charge >= 0.3 is 0 Å². The molecule has 1 fully saturated rings. The van der Waals surface area contributed by atoms with Crippen molar-refractivity contribution in [1.82, 2.24) is 25.2 Å². The van der Waals surface area contributed by atoms with E-state index in [9.17, 15) is 14.4 Å². The minimum absolute atomic E-state index is 0.0835. The van der Waals surface area contributed by atoms with E-state index < -0.39 is 6.04 Å². The molecular weight excluding hydrogens is 522 g/mol. The topological polar surface area (TPSA) is 97.2 Å². The number of thioether (sulfide) groups is 1. The first-order chi connectivity index (χ1) is 19.6. The molecule has 220 valence electrons. The highest BCUT2D eigenvalue weighted by molar-refractivity contribution is 8.13. The molecule has 2 amide bonds. The van der Waals surface area contributed by atoms with Gasteiger partial charge in [-0.2, -0.15) is 0 Å². The molecular formula is C31H47N5O3S. The number of unbranched alkanes of at least 4 members (excludes halogenated alkanes) is 9. The third kappa shape index (κ3) is 11.4. The van der Waals surface area contributed by atoms with Gasteiger partial charge in [-0.3, -0.25) is 14.4 Å². The molecule has 1 aromatic heterocycles. The van der Waals surface area contributed by atoms with Crippen LogP contribution in [0.25, 0.3) is 5.69 Å². The maximum Gasteiger partial charge on any atom is 0.251 e. The van der Waals surface area contributed by atoms with E-state index in [1.165, 1.54) is 63.1 Å². The molecule has 0 spiro atoms. The van der Waals surface area contributed by atoms with Crippen LogP contribution in [0.15, 0.2) is 36.7 Å². The van der Waals surface area contributed by atoms with Crippen molar-refractivity contribution in [3.8, 4) is 5.69 Å². The molecule has 40 heavy (non-hydrogen) atoms. The maximum atomic E-state index is 13.3. The van der Waals surface area contributed by atoms with Gasteiger partial charge < -0.3 is 10.2 Å². The summed E-state index contributed by atoms with van der Waals surface area (Å²) in [6.07, 6.45) is 19.7. The zero-order valence-electron chi connectivity index (χ0n) is 24.2. The van der Waals surface area contributed by atoms with E-state index in [4.69, 9.17) is 0 Å². The van der Waals surface area contributed by atoms with Gasteiger partial charge in [0.1, 0.15) is 6.04 Å². The highest BCUT2D eigenvalue weighted by atomic mass is 32.2. The molecule has 1 N–H and O–H groups in total. The number of piperidine rings is 1. The van der Waals surface area contributed by atoms with Crippen LogP contribution in [0.3, 0.4) is 0 Å². The number of carbonyl (C=O) groups is 3. The predicted molar refractivity (Wildman–Crippen MR) is 162 cm³/mol. The monoisotopic (exact) mass is 569 g/mol. The van der Waals surface area contributed by atoms with Crippen molar-refractivity contribution < 1.29 is 14.4 Å². The molecule has 0 bridgehead atoms. The van der Waals surface area contributed by atoms with Crippen LogP contribution in [0.2, 0.25) is 0 Å². The summed E-state index contributed by atoms with van der Waals surface area (Å²) in [5.74, 6) is 0.427. The Morgan fingerprint density at radius 3 is 2.17 bits per heavy atom. The van der Waals surface area contributed by atoms with Gasteiger partial charge in [-0.1, -0.05) is 81.7 Å². The molecule has 9 heteroatoms. The first kappa shape index (κ1) is 31.8. The Kier molecular flexibility index (Phi) is 14.8. The second-order valence-corrected chi connectivity index (χ2v) is 11.9. The number of nitrogens with zero attached hydrogens (tertiary/aromatic N) is 4. The minimum atomic E-state index is -0.706. The molecule has 1 aliphatic heterocycles. The third-order valence-electron chi connectivity index (χ3n) is 7.49. The highest BCUT2D eigenvalue weighted by Crippen LogP contribution is 2.17. The number of nitrogens with one attached hydrogen (secondary N) is 1. The van der Waals surface area contributed by atoms with E-state index in [1.807, 2.05) is 4.90 Å². The molecule has 0 saturated carbocycles. The summed E-state index contributed by atoms with van der Waals surface area (Å²) in [5.41, 5.74) is 1.25. The predicted octanol–water partition coefficient (Wildman–Crippen LogP) is 6.34. The molecule has 8 nitrogen and oxygen atoms in total. The number of benzene rings is 1. The number of rotatable bonds is 18. The second-order valence-electron chi connectivity index (χ2n) is 10.7. The summed E-state index contributed by atoms with van der Waals surface area (Å²) in [7, 11) is 0. The number of carbonyl (C=O) groups excluding carboxylic acids is 3. The van der Waals surface area contributed by atoms with Crippen LogP contribution in [0, 0.1) is 0 Å². The largest absolute Gasteiger partial charge is 0.341 e. The van der Waals surface area contributed by atoms with Gasteiger partial charge in [0.25, 0.3) is 5.91 Å². The molecule has 2 heterocycles. The van der Waals surface area contributed by atoms with Crippen molar-refractivity contribution in [2.24, 2.45) is 0 Å². The van der Waals surface area contributed by atoms with Crippen LogP contribution in [0.4, 0.5) is 0 Å². The molecule has 2 aromatic rings. The quantitative estimate of drug-likeness (QED) is 0.211. The van der Waals surface area contributed by atoms with Crippen molar-refractivity contribution in [3.63, 3.8) is 0 Å². The first-order valence-corrected chi connectivity index (χ1v) is 16.3. The van der Waals surface area contributed by atoms with Crippen LogP contribution in [0.1, 0.15) is 114 Å². The van der Waals surface area contributed by atoms with Gasteiger partial charge in [0.05, 0.1) is 18.1 Å². The molecule has 0 aliphatic carbocycles. The van der Waals surface area contributed by atoms with Gasteiger partial charge in [-0.25, -0.2) is 4.68 Å². The van der Waals surface area contributed by atoms with Crippen LogP contribution in [0.5, 0.6) is 0 Å². The standard InChI is InChI=1S/C31H47N5O3S/c1-2-3-4-5-6-7-8-9-10-14-25-40-29(37)20-19-28(31(39)35-22-12-11-13-23-35)33-30(38)26-15-17-27(18-16-26)36-24-21-32-34-36/h15-18,21,24,28H,2-14,19-20,22-23,25H2,1H3,(H,33,38)/t28-/m0/s1. The third-order valence-corrected chi connectivity index (χ3v) is 8.50. The maximum absolute atomic E-state index is 13.3.